The fourth-order valence-electron chi connectivity index (χ4n) is 1.23. The third kappa shape index (κ3) is 2.14. The Labute approximate surface area is 86.3 Å². The van der Waals surface area contributed by atoms with Crippen LogP contribution in [0.2, 0.25) is 0 Å². The largest absolute Gasteiger partial charge is 0.322 e. The summed E-state index contributed by atoms with van der Waals surface area (Å²) in [4.78, 5) is 4.28. The van der Waals surface area contributed by atoms with E-state index in [4.69, 9.17) is 5.84 Å². The summed E-state index contributed by atoms with van der Waals surface area (Å²) in [5.74, 6) is 5.41. The van der Waals surface area contributed by atoms with Crippen molar-refractivity contribution in [2.24, 2.45) is 21.2 Å². The topological polar surface area (TPSA) is 76.0 Å². The fourth-order valence-corrected chi connectivity index (χ4v) is 1.23. The Kier molecular flexibility index (Phi) is 2.64. The normalized spacial score (nSPS) is 11.7. The van der Waals surface area contributed by atoms with Crippen molar-refractivity contribution in [2.75, 3.05) is 0 Å². The van der Waals surface area contributed by atoms with Crippen LogP contribution in [0.3, 0.4) is 0 Å². The molecule has 2 aromatic rings. The van der Waals surface area contributed by atoms with Crippen LogP contribution in [0.25, 0.3) is 10.9 Å². The number of azo groups is 1. The lowest BCUT2D eigenvalue weighted by atomic mass is 10.2. The van der Waals surface area contributed by atoms with Crippen LogP contribution in [-0.4, -0.2) is 11.3 Å². The summed E-state index contributed by atoms with van der Waals surface area (Å²) in [6.07, 6.45) is 1.16. The lowest BCUT2D eigenvalue weighted by Gasteiger charge is -1.96. The summed E-state index contributed by atoms with van der Waals surface area (Å²) in [6, 6.07) is 11.5. The predicted octanol–water partition coefficient (Wildman–Crippen LogP) is 2.22. The van der Waals surface area contributed by atoms with Gasteiger partial charge in [0.1, 0.15) is 0 Å². The fraction of sp³-hybridized carbons (Fsp3) is 0. The molecule has 1 heterocycles. The number of benzene rings is 1. The van der Waals surface area contributed by atoms with E-state index in [1.165, 1.54) is 0 Å². The smallest absolute Gasteiger partial charge is 0.175 e. The van der Waals surface area contributed by atoms with Gasteiger partial charge in [-0.2, -0.15) is 5.10 Å². The molecule has 0 unspecified atom stereocenters. The molecule has 1 aromatic heterocycles. The first-order valence-corrected chi connectivity index (χ1v) is 4.38. The number of nitrogens with two attached hydrogens (primary N) is 1. The minimum atomic E-state index is 0.536. The lowest BCUT2D eigenvalue weighted by molar-refractivity contribution is 1.18. The summed E-state index contributed by atoms with van der Waals surface area (Å²) in [7, 11) is 0. The van der Waals surface area contributed by atoms with Gasteiger partial charge in [0, 0.05) is 5.39 Å². The SMILES string of the molecule is NN=CN=Nc1ccc2ccccc2n1. The highest BCUT2D eigenvalue weighted by molar-refractivity contribution is 5.79. The quantitative estimate of drug-likeness (QED) is 0.264. The summed E-state index contributed by atoms with van der Waals surface area (Å²) in [6.45, 7) is 0. The van der Waals surface area contributed by atoms with Gasteiger partial charge in [-0.3, -0.25) is 0 Å². The van der Waals surface area contributed by atoms with Crippen LogP contribution >= 0.6 is 0 Å². The van der Waals surface area contributed by atoms with E-state index >= 15 is 0 Å². The van der Waals surface area contributed by atoms with Crippen LogP contribution in [0.4, 0.5) is 5.82 Å². The van der Waals surface area contributed by atoms with Crippen molar-refractivity contribution in [1.82, 2.24) is 4.98 Å². The third-order valence-corrected chi connectivity index (χ3v) is 1.86. The molecule has 15 heavy (non-hydrogen) atoms. The van der Waals surface area contributed by atoms with Gasteiger partial charge in [-0.25, -0.2) is 4.98 Å². The number of fused-ring (bicyclic) bond motifs is 1. The maximum absolute atomic E-state index is 4.88. The van der Waals surface area contributed by atoms with E-state index in [-0.39, 0.29) is 0 Å². The molecule has 0 spiro atoms. The molecule has 0 bridgehead atoms. The van der Waals surface area contributed by atoms with Crippen LogP contribution in [0.15, 0.2) is 51.7 Å². The van der Waals surface area contributed by atoms with Gasteiger partial charge in [-0.15, -0.1) is 10.2 Å². The molecule has 0 fully saturated rings. The second kappa shape index (κ2) is 4.28. The molecule has 0 atom stereocenters. The summed E-state index contributed by atoms with van der Waals surface area (Å²) in [5.41, 5.74) is 0.888. The molecular weight excluding hydrogens is 190 g/mol. The number of nitrogens with zero attached hydrogens (tertiary/aromatic N) is 4. The van der Waals surface area contributed by atoms with E-state index in [1.807, 2.05) is 30.3 Å². The average Bonchev–Trinajstić information content (AvgIpc) is 2.29. The highest BCUT2D eigenvalue weighted by Gasteiger charge is 1.94. The van der Waals surface area contributed by atoms with Gasteiger partial charge in [-0.05, 0) is 18.2 Å². The van der Waals surface area contributed by atoms with Gasteiger partial charge < -0.3 is 5.84 Å². The summed E-state index contributed by atoms with van der Waals surface area (Å²) in [5, 5.41) is 11.7. The molecule has 2 N–H and O–H groups in total. The molecule has 0 radical (unpaired) electrons. The second-order valence-corrected chi connectivity index (χ2v) is 2.84. The maximum Gasteiger partial charge on any atom is 0.175 e. The zero-order chi connectivity index (χ0) is 10.5. The Morgan fingerprint density at radius 1 is 1.13 bits per heavy atom. The first kappa shape index (κ1) is 9.26. The standard InChI is InChI=1S/C10H9N5/c11-12-7-13-15-10-6-5-8-3-1-2-4-9(8)14-10/h1-7H,11H2. The maximum atomic E-state index is 4.88. The molecule has 5 heteroatoms. The molecule has 1 aromatic carbocycles. The molecule has 0 aliphatic heterocycles. The second-order valence-electron chi connectivity index (χ2n) is 2.84. The summed E-state index contributed by atoms with van der Waals surface area (Å²) < 4.78 is 0. The Bertz CT molecular complexity index is 518. The molecule has 0 saturated carbocycles. The molecule has 2 rings (SSSR count). The van der Waals surface area contributed by atoms with Crippen molar-refractivity contribution >= 4 is 23.1 Å². The van der Waals surface area contributed by atoms with Crippen LogP contribution in [0, 0.1) is 0 Å². The van der Waals surface area contributed by atoms with Crippen LogP contribution in [0.1, 0.15) is 0 Å². The highest BCUT2D eigenvalue weighted by atomic mass is 15.2. The van der Waals surface area contributed by atoms with Crippen LogP contribution < -0.4 is 5.84 Å². The van der Waals surface area contributed by atoms with Gasteiger partial charge in [-0.1, -0.05) is 18.2 Å². The third-order valence-electron chi connectivity index (χ3n) is 1.86. The summed E-state index contributed by atoms with van der Waals surface area (Å²) >= 11 is 0. The average molecular weight is 199 g/mol. The Balaban J connectivity index is 2.38. The van der Waals surface area contributed by atoms with Crippen LogP contribution in [-0.2, 0) is 0 Å². The van der Waals surface area contributed by atoms with Gasteiger partial charge in [0.05, 0.1) is 5.52 Å². The number of para-hydroxylation sites is 1. The van der Waals surface area contributed by atoms with Crippen LogP contribution in [0.5, 0.6) is 0 Å². The minimum Gasteiger partial charge on any atom is -0.322 e. The van der Waals surface area contributed by atoms with Crippen molar-refractivity contribution in [3.8, 4) is 0 Å². The van der Waals surface area contributed by atoms with Gasteiger partial charge in [0.25, 0.3) is 0 Å². The monoisotopic (exact) mass is 199 g/mol. The van der Waals surface area contributed by atoms with Gasteiger partial charge >= 0.3 is 0 Å². The molecular formula is C10H9N5. The van der Waals surface area contributed by atoms with Crippen molar-refractivity contribution in [2.45, 2.75) is 0 Å². The zero-order valence-electron chi connectivity index (χ0n) is 7.91. The lowest BCUT2D eigenvalue weighted by Crippen LogP contribution is -1.79. The number of hydrazone groups is 1. The Hall–Kier alpha value is -2.30. The molecule has 0 aliphatic rings. The molecule has 0 amide bonds. The molecule has 0 aliphatic carbocycles. The number of aromatic nitrogens is 1. The number of hydrogen-bond acceptors (Lipinski definition) is 4. The van der Waals surface area contributed by atoms with E-state index in [0.29, 0.717) is 5.82 Å². The number of rotatable bonds is 2. The van der Waals surface area contributed by atoms with E-state index < -0.39 is 0 Å². The highest BCUT2D eigenvalue weighted by Crippen LogP contribution is 2.16. The van der Waals surface area contributed by atoms with E-state index in [0.717, 1.165) is 17.2 Å². The van der Waals surface area contributed by atoms with Crippen molar-refractivity contribution < 1.29 is 0 Å². The predicted molar refractivity (Wildman–Crippen MR) is 58.9 cm³/mol. The van der Waals surface area contributed by atoms with Gasteiger partial charge in [0.15, 0.2) is 12.2 Å². The first-order valence-electron chi connectivity index (χ1n) is 4.38. The molecule has 5 nitrogen and oxygen atoms in total. The Morgan fingerprint density at radius 3 is 2.87 bits per heavy atom. The molecule has 74 valence electrons. The first-order chi connectivity index (χ1) is 7.40. The van der Waals surface area contributed by atoms with E-state index in [1.54, 1.807) is 6.07 Å². The van der Waals surface area contributed by atoms with Crippen molar-refractivity contribution in [3.05, 3.63) is 36.4 Å². The van der Waals surface area contributed by atoms with E-state index in [9.17, 15) is 0 Å². The minimum absolute atomic E-state index is 0.536. The van der Waals surface area contributed by atoms with Gasteiger partial charge in [0.2, 0.25) is 0 Å². The molecule has 0 saturated heterocycles. The Morgan fingerprint density at radius 2 is 2.00 bits per heavy atom. The van der Waals surface area contributed by atoms with Crippen molar-refractivity contribution in [1.29, 1.82) is 0 Å². The number of pyridine rings is 1. The zero-order valence-corrected chi connectivity index (χ0v) is 7.91. The number of hydrogen-bond donors (Lipinski definition) is 1. The van der Waals surface area contributed by atoms with E-state index in [2.05, 4.69) is 20.3 Å². The van der Waals surface area contributed by atoms with Crippen molar-refractivity contribution in [3.63, 3.8) is 0 Å².